The van der Waals surface area contributed by atoms with Crippen LogP contribution in [0.15, 0.2) is 12.1 Å². The van der Waals surface area contributed by atoms with Crippen molar-refractivity contribution in [3.05, 3.63) is 33.4 Å². The Hall–Kier alpha value is -1.91. The third-order valence-electron chi connectivity index (χ3n) is 4.02. The predicted octanol–water partition coefficient (Wildman–Crippen LogP) is 3.74. The van der Waals surface area contributed by atoms with E-state index >= 15 is 0 Å². The minimum absolute atomic E-state index is 0.0589. The first kappa shape index (κ1) is 15.5. The van der Waals surface area contributed by atoms with Gasteiger partial charge in [0, 0.05) is 12.0 Å². The zero-order valence-electron chi connectivity index (χ0n) is 12.6. The van der Waals surface area contributed by atoms with Gasteiger partial charge in [-0.1, -0.05) is 25.3 Å². The van der Waals surface area contributed by atoms with Gasteiger partial charge >= 0.3 is 5.69 Å². The molecule has 0 N–H and O–H groups in total. The highest BCUT2D eigenvalue weighted by Crippen LogP contribution is 2.32. The molecule has 0 aliphatic heterocycles. The number of carbonyl (C=O) groups excluding carboxylic acids is 1. The van der Waals surface area contributed by atoms with Gasteiger partial charge < -0.3 is 4.74 Å². The van der Waals surface area contributed by atoms with E-state index in [9.17, 15) is 14.9 Å². The Balaban J connectivity index is 2.08. The molecule has 0 amide bonds. The molecule has 0 aromatic heterocycles. The summed E-state index contributed by atoms with van der Waals surface area (Å²) in [5, 5.41) is 11.1. The number of ketones is 1. The smallest absolute Gasteiger partial charge is 0.311 e. The molecular weight excluding hydrogens is 270 g/mol. The lowest BCUT2D eigenvalue weighted by molar-refractivity contribution is -0.385. The predicted molar refractivity (Wildman–Crippen MR) is 79.6 cm³/mol. The second-order valence-corrected chi connectivity index (χ2v) is 5.78. The first-order chi connectivity index (χ1) is 9.99. The number of hydrogen-bond donors (Lipinski definition) is 0. The van der Waals surface area contributed by atoms with E-state index in [1.54, 1.807) is 13.8 Å². The van der Waals surface area contributed by atoms with Crippen LogP contribution in [0.4, 0.5) is 5.69 Å². The van der Waals surface area contributed by atoms with E-state index in [1.165, 1.54) is 12.5 Å². The number of Topliss-reactive ketones (excluding diaryl/α,β-unsaturated/α-hetero) is 1. The van der Waals surface area contributed by atoms with E-state index in [2.05, 4.69) is 0 Å². The highest BCUT2D eigenvalue weighted by Gasteiger charge is 2.24. The van der Waals surface area contributed by atoms with Crippen molar-refractivity contribution in [2.45, 2.75) is 46.0 Å². The topological polar surface area (TPSA) is 69.4 Å². The van der Waals surface area contributed by atoms with Crippen molar-refractivity contribution in [2.75, 3.05) is 6.61 Å². The molecule has 21 heavy (non-hydrogen) atoms. The summed E-state index contributed by atoms with van der Waals surface area (Å²) in [6.45, 7) is 3.49. The quantitative estimate of drug-likeness (QED) is 0.612. The third-order valence-corrected chi connectivity index (χ3v) is 4.02. The monoisotopic (exact) mass is 291 g/mol. The molecule has 0 bridgehead atoms. The first-order valence-electron chi connectivity index (χ1n) is 7.40. The average molecular weight is 291 g/mol. The Kier molecular flexibility index (Phi) is 4.94. The van der Waals surface area contributed by atoms with Crippen molar-refractivity contribution in [2.24, 2.45) is 5.92 Å². The lowest BCUT2D eigenvalue weighted by atomic mass is 9.86. The number of carbonyl (C=O) groups is 1. The van der Waals surface area contributed by atoms with Gasteiger partial charge in [0.2, 0.25) is 5.75 Å². The van der Waals surface area contributed by atoms with Gasteiger partial charge in [0.1, 0.15) is 6.61 Å². The standard InChI is InChI=1S/C16H21NO4/c1-11-8-12(2)16(14(9-11)17(19)20)21-10-15(18)13-6-4-3-5-7-13/h8-9,13H,3-7,10H2,1-2H3. The van der Waals surface area contributed by atoms with Crippen molar-refractivity contribution in [1.29, 1.82) is 0 Å². The number of ether oxygens (including phenoxy) is 1. The molecule has 1 saturated carbocycles. The zero-order valence-corrected chi connectivity index (χ0v) is 12.6. The van der Waals surface area contributed by atoms with E-state index in [0.29, 0.717) is 5.56 Å². The summed E-state index contributed by atoms with van der Waals surface area (Å²) in [5.74, 6) is 0.335. The molecule has 1 aromatic carbocycles. The van der Waals surface area contributed by atoms with Crippen LogP contribution in [-0.2, 0) is 4.79 Å². The fourth-order valence-electron chi connectivity index (χ4n) is 2.94. The fraction of sp³-hybridized carbons (Fsp3) is 0.562. The molecule has 1 aromatic rings. The highest BCUT2D eigenvalue weighted by atomic mass is 16.6. The molecule has 5 nitrogen and oxygen atoms in total. The van der Waals surface area contributed by atoms with Crippen LogP contribution >= 0.6 is 0 Å². The Bertz CT molecular complexity index is 547. The van der Waals surface area contributed by atoms with Crippen LogP contribution in [0.1, 0.15) is 43.2 Å². The molecule has 1 fully saturated rings. The van der Waals surface area contributed by atoms with Crippen molar-refractivity contribution < 1.29 is 14.5 Å². The van der Waals surface area contributed by atoms with Crippen molar-refractivity contribution in [3.8, 4) is 5.75 Å². The number of benzene rings is 1. The fourth-order valence-corrected chi connectivity index (χ4v) is 2.94. The number of hydrogen-bond acceptors (Lipinski definition) is 4. The summed E-state index contributed by atoms with van der Waals surface area (Å²) in [5.41, 5.74) is 1.44. The lowest BCUT2D eigenvalue weighted by Crippen LogP contribution is -2.24. The van der Waals surface area contributed by atoms with Gasteiger partial charge in [0.25, 0.3) is 0 Å². The second-order valence-electron chi connectivity index (χ2n) is 5.78. The van der Waals surface area contributed by atoms with Crippen LogP contribution in [0.3, 0.4) is 0 Å². The van der Waals surface area contributed by atoms with Gasteiger partial charge in [-0.15, -0.1) is 0 Å². The van der Waals surface area contributed by atoms with E-state index in [4.69, 9.17) is 4.74 Å². The Morgan fingerprint density at radius 1 is 1.29 bits per heavy atom. The van der Waals surface area contributed by atoms with E-state index in [-0.39, 0.29) is 29.7 Å². The number of nitro groups is 1. The molecule has 0 heterocycles. The Morgan fingerprint density at radius 2 is 1.95 bits per heavy atom. The van der Waals surface area contributed by atoms with Crippen molar-refractivity contribution >= 4 is 11.5 Å². The van der Waals surface area contributed by atoms with Crippen molar-refractivity contribution in [1.82, 2.24) is 0 Å². The molecule has 1 aliphatic rings. The lowest BCUT2D eigenvalue weighted by Gasteiger charge is -2.20. The molecule has 0 atom stereocenters. The number of rotatable bonds is 5. The number of nitrogens with zero attached hydrogens (tertiary/aromatic N) is 1. The van der Waals surface area contributed by atoms with Gasteiger partial charge in [-0.25, -0.2) is 0 Å². The van der Waals surface area contributed by atoms with E-state index in [0.717, 1.165) is 31.2 Å². The van der Waals surface area contributed by atoms with E-state index in [1.807, 2.05) is 6.07 Å². The third kappa shape index (κ3) is 3.80. The summed E-state index contributed by atoms with van der Waals surface area (Å²) in [4.78, 5) is 22.8. The molecule has 0 unspecified atom stereocenters. The molecule has 0 radical (unpaired) electrons. The van der Waals surface area contributed by atoms with E-state index < -0.39 is 4.92 Å². The summed E-state index contributed by atoms with van der Waals surface area (Å²) in [6, 6.07) is 3.31. The van der Waals surface area contributed by atoms with Crippen molar-refractivity contribution in [3.63, 3.8) is 0 Å². The SMILES string of the molecule is Cc1cc(C)c(OCC(=O)C2CCCCC2)c([N+](=O)[O-])c1. The number of nitro benzene ring substituents is 1. The van der Waals surface area contributed by atoms with Crippen LogP contribution in [0.25, 0.3) is 0 Å². The maximum Gasteiger partial charge on any atom is 0.311 e. The van der Waals surface area contributed by atoms with Gasteiger partial charge in [-0.3, -0.25) is 14.9 Å². The normalized spacial score (nSPS) is 15.7. The molecule has 0 saturated heterocycles. The minimum atomic E-state index is -0.458. The Morgan fingerprint density at radius 3 is 2.57 bits per heavy atom. The van der Waals surface area contributed by atoms with Crippen LogP contribution in [0, 0.1) is 29.9 Å². The van der Waals surface area contributed by atoms with Crippen LogP contribution in [0.5, 0.6) is 5.75 Å². The summed E-state index contributed by atoms with van der Waals surface area (Å²) in [7, 11) is 0. The summed E-state index contributed by atoms with van der Waals surface area (Å²) in [6.07, 6.45) is 5.18. The van der Waals surface area contributed by atoms with Gasteiger partial charge in [-0.05, 0) is 37.8 Å². The maximum absolute atomic E-state index is 12.1. The van der Waals surface area contributed by atoms with Crippen LogP contribution < -0.4 is 4.74 Å². The molecule has 1 aliphatic carbocycles. The average Bonchev–Trinajstić information content (AvgIpc) is 2.46. The maximum atomic E-state index is 12.1. The summed E-state index contributed by atoms with van der Waals surface area (Å²) >= 11 is 0. The minimum Gasteiger partial charge on any atom is -0.479 e. The first-order valence-corrected chi connectivity index (χ1v) is 7.40. The van der Waals surface area contributed by atoms with Gasteiger partial charge in [0.05, 0.1) is 4.92 Å². The summed E-state index contributed by atoms with van der Waals surface area (Å²) < 4.78 is 5.51. The highest BCUT2D eigenvalue weighted by molar-refractivity contribution is 5.82. The molecule has 0 spiro atoms. The van der Waals surface area contributed by atoms with Crippen LogP contribution in [-0.4, -0.2) is 17.3 Å². The van der Waals surface area contributed by atoms with Crippen LogP contribution in [0.2, 0.25) is 0 Å². The van der Waals surface area contributed by atoms with Gasteiger partial charge in [-0.2, -0.15) is 0 Å². The molecule has 5 heteroatoms. The Labute approximate surface area is 124 Å². The molecule has 114 valence electrons. The zero-order chi connectivity index (χ0) is 15.4. The van der Waals surface area contributed by atoms with Gasteiger partial charge in [0.15, 0.2) is 5.78 Å². The second kappa shape index (κ2) is 6.70. The molecule has 2 rings (SSSR count). The largest absolute Gasteiger partial charge is 0.479 e. The number of aryl methyl sites for hydroxylation is 2. The molecular formula is C16H21NO4.